The minimum absolute atomic E-state index is 0.270. The molecule has 0 aliphatic carbocycles. The van der Waals surface area contributed by atoms with E-state index < -0.39 is 10.0 Å². The van der Waals surface area contributed by atoms with Crippen LogP contribution in [0.1, 0.15) is 11.3 Å². The summed E-state index contributed by atoms with van der Waals surface area (Å²) in [6.07, 6.45) is 3.92. The van der Waals surface area contributed by atoms with E-state index in [2.05, 4.69) is 4.98 Å². The lowest BCUT2D eigenvalue weighted by Crippen LogP contribution is -2.15. The van der Waals surface area contributed by atoms with Gasteiger partial charge >= 0.3 is 0 Å². The zero-order valence-electron chi connectivity index (χ0n) is 12.2. The molecule has 3 rings (SSSR count). The molecule has 0 atom stereocenters. The van der Waals surface area contributed by atoms with E-state index in [0.29, 0.717) is 24.2 Å². The van der Waals surface area contributed by atoms with Crippen LogP contribution in [0.15, 0.2) is 53.7 Å². The molecule has 6 heteroatoms. The normalized spacial score (nSPS) is 11.9. The maximum absolute atomic E-state index is 13.0. The second-order valence-electron chi connectivity index (χ2n) is 5.08. The van der Waals surface area contributed by atoms with Crippen molar-refractivity contribution in [2.75, 3.05) is 6.54 Å². The van der Waals surface area contributed by atoms with Crippen molar-refractivity contribution in [3.8, 4) is 0 Å². The molecule has 114 valence electrons. The molecule has 0 unspecified atom stereocenters. The molecule has 0 saturated carbocycles. The van der Waals surface area contributed by atoms with Crippen molar-refractivity contribution in [2.45, 2.75) is 18.2 Å². The molecule has 0 amide bonds. The minimum Gasteiger partial charge on any atom is -0.330 e. The molecule has 22 heavy (non-hydrogen) atoms. The Morgan fingerprint density at radius 3 is 2.59 bits per heavy atom. The number of hydrogen-bond donors (Lipinski definition) is 1. The van der Waals surface area contributed by atoms with Crippen molar-refractivity contribution in [1.29, 1.82) is 0 Å². The molecule has 0 radical (unpaired) electrons. The quantitative estimate of drug-likeness (QED) is 0.799. The van der Waals surface area contributed by atoms with Gasteiger partial charge in [-0.2, -0.15) is 0 Å². The van der Waals surface area contributed by atoms with Crippen molar-refractivity contribution in [2.24, 2.45) is 5.73 Å². The van der Waals surface area contributed by atoms with Crippen LogP contribution in [0.2, 0.25) is 0 Å². The van der Waals surface area contributed by atoms with Crippen LogP contribution in [-0.4, -0.2) is 23.9 Å². The Morgan fingerprint density at radius 1 is 1.18 bits per heavy atom. The summed E-state index contributed by atoms with van der Waals surface area (Å²) in [7, 11) is -3.65. The van der Waals surface area contributed by atoms with Crippen molar-refractivity contribution in [3.05, 3.63) is 60.0 Å². The molecule has 0 saturated heterocycles. The molecule has 3 aromatic rings. The third-order valence-corrected chi connectivity index (χ3v) is 5.58. The average molecular weight is 315 g/mol. The third kappa shape index (κ3) is 2.20. The van der Waals surface area contributed by atoms with Gasteiger partial charge in [0.15, 0.2) is 0 Å². The molecule has 0 aliphatic heterocycles. The van der Waals surface area contributed by atoms with E-state index in [1.807, 2.05) is 6.92 Å². The third-order valence-electron chi connectivity index (χ3n) is 3.76. The van der Waals surface area contributed by atoms with Gasteiger partial charge in [0.25, 0.3) is 10.0 Å². The number of aromatic nitrogens is 2. The number of pyridine rings is 1. The van der Waals surface area contributed by atoms with E-state index in [9.17, 15) is 8.42 Å². The van der Waals surface area contributed by atoms with Gasteiger partial charge in [0.05, 0.1) is 10.4 Å². The molecule has 0 bridgehead atoms. The maximum atomic E-state index is 13.0. The van der Waals surface area contributed by atoms with Crippen LogP contribution in [0.5, 0.6) is 0 Å². The Kier molecular flexibility index (Phi) is 3.72. The van der Waals surface area contributed by atoms with Crippen LogP contribution in [0, 0.1) is 6.92 Å². The Balaban J connectivity index is 2.34. The lowest BCUT2D eigenvalue weighted by Gasteiger charge is -2.10. The molecular weight excluding hydrogens is 298 g/mol. The van der Waals surface area contributed by atoms with Gasteiger partial charge in [0.1, 0.15) is 0 Å². The second-order valence-corrected chi connectivity index (χ2v) is 6.86. The second kappa shape index (κ2) is 5.55. The average Bonchev–Trinajstić information content (AvgIpc) is 2.82. The lowest BCUT2D eigenvalue weighted by molar-refractivity contribution is 0.588. The zero-order chi connectivity index (χ0) is 15.7. The highest BCUT2D eigenvalue weighted by molar-refractivity contribution is 7.90. The van der Waals surface area contributed by atoms with E-state index in [1.165, 1.54) is 3.97 Å². The van der Waals surface area contributed by atoms with E-state index in [1.54, 1.807) is 48.8 Å². The largest absolute Gasteiger partial charge is 0.330 e. The molecule has 2 N–H and O–H groups in total. The number of nitrogens with zero attached hydrogens (tertiary/aromatic N) is 2. The summed E-state index contributed by atoms with van der Waals surface area (Å²) < 4.78 is 27.4. The zero-order valence-corrected chi connectivity index (χ0v) is 13.0. The van der Waals surface area contributed by atoms with Crippen molar-refractivity contribution in [3.63, 3.8) is 0 Å². The van der Waals surface area contributed by atoms with E-state index in [0.717, 1.165) is 10.9 Å². The van der Waals surface area contributed by atoms with Crippen LogP contribution in [-0.2, 0) is 16.4 Å². The summed E-state index contributed by atoms with van der Waals surface area (Å²) in [5.74, 6) is 0. The van der Waals surface area contributed by atoms with E-state index in [-0.39, 0.29) is 4.90 Å². The van der Waals surface area contributed by atoms with Gasteiger partial charge in [-0.15, -0.1) is 0 Å². The molecule has 0 spiro atoms. The predicted octanol–water partition coefficient (Wildman–Crippen LogP) is 2.08. The molecule has 1 aromatic carbocycles. The number of nitrogens with two attached hydrogens (primary N) is 1. The topological polar surface area (TPSA) is 78.0 Å². The summed E-state index contributed by atoms with van der Waals surface area (Å²) in [6.45, 7) is 2.27. The van der Waals surface area contributed by atoms with Gasteiger partial charge in [-0.25, -0.2) is 12.4 Å². The van der Waals surface area contributed by atoms with Crippen molar-refractivity contribution >= 4 is 20.9 Å². The Hall–Kier alpha value is -2.18. The summed E-state index contributed by atoms with van der Waals surface area (Å²) in [5.41, 5.74) is 7.94. The Labute approximate surface area is 129 Å². The van der Waals surface area contributed by atoms with Crippen LogP contribution >= 0.6 is 0 Å². The SMILES string of the molecule is Cc1c(CCN)c2cnccc2n1S(=O)(=O)c1ccccc1. The number of hydrogen-bond acceptors (Lipinski definition) is 4. The van der Waals surface area contributed by atoms with Crippen LogP contribution in [0.4, 0.5) is 0 Å². The van der Waals surface area contributed by atoms with Crippen molar-refractivity contribution < 1.29 is 8.42 Å². The van der Waals surface area contributed by atoms with Gasteiger partial charge in [0.2, 0.25) is 0 Å². The van der Waals surface area contributed by atoms with E-state index in [4.69, 9.17) is 5.73 Å². The molecule has 2 heterocycles. The molecule has 0 fully saturated rings. The fraction of sp³-hybridized carbons (Fsp3) is 0.188. The fourth-order valence-corrected chi connectivity index (χ4v) is 4.36. The number of fused-ring (bicyclic) bond motifs is 1. The first-order valence-electron chi connectivity index (χ1n) is 7.02. The Bertz CT molecular complexity index is 915. The predicted molar refractivity (Wildman–Crippen MR) is 86.3 cm³/mol. The summed E-state index contributed by atoms with van der Waals surface area (Å²) >= 11 is 0. The van der Waals surface area contributed by atoms with E-state index >= 15 is 0 Å². The maximum Gasteiger partial charge on any atom is 0.268 e. The highest BCUT2D eigenvalue weighted by Crippen LogP contribution is 2.29. The Morgan fingerprint density at radius 2 is 1.91 bits per heavy atom. The van der Waals surface area contributed by atoms with Gasteiger partial charge in [-0.05, 0) is 43.7 Å². The molecule has 5 nitrogen and oxygen atoms in total. The number of benzene rings is 1. The fourth-order valence-electron chi connectivity index (χ4n) is 2.76. The molecule has 0 aliphatic rings. The molecular formula is C16H17N3O2S. The number of rotatable bonds is 4. The smallest absolute Gasteiger partial charge is 0.268 e. The standard InChI is InChI=1S/C16H17N3O2S/c1-12-14(7-9-17)15-11-18-10-8-16(15)19(12)22(20,21)13-5-3-2-4-6-13/h2-6,8,10-11H,7,9,17H2,1H3. The van der Waals surface area contributed by atoms with Crippen LogP contribution in [0.25, 0.3) is 10.9 Å². The van der Waals surface area contributed by atoms with Crippen molar-refractivity contribution in [1.82, 2.24) is 8.96 Å². The van der Waals surface area contributed by atoms with Gasteiger partial charge < -0.3 is 5.73 Å². The van der Waals surface area contributed by atoms with Gasteiger partial charge in [-0.3, -0.25) is 4.98 Å². The summed E-state index contributed by atoms with van der Waals surface area (Å²) in [4.78, 5) is 4.39. The van der Waals surface area contributed by atoms with Crippen LogP contribution in [0.3, 0.4) is 0 Å². The first-order chi connectivity index (χ1) is 10.6. The monoisotopic (exact) mass is 315 g/mol. The summed E-state index contributed by atoms with van der Waals surface area (Å²) in [6, 6.07) is 10.2. The first kappa shape index (κ1) is 14.7. The highest BCUT2D eigenvalue weighted by atomic mass is 32.2. The van der Waals surface area contributed by atoms with Gasteiger partial charge in [0, 0.05) is 23.5 Å². The minimum atomic E-state index is -3.65. The highest BCUT2D eigenvalue weighted by Gasteiger charge is 2.24. The summed E-state index contributed by atoms with van der Waals surface area (Å²) in [5, 5.41) is 0.838. The van der Waals surface area contributed by atoms with Gasteiger partial charge in [-0.1, -0.05) is 18.2 Å². The first-order valence-corrected chi connectivity index (χ1v) is 8.46. The molecule has 2 aromatic heterocycles. The van der Waals surface area contributed by atoms with Crippen LogP contribution < -0.4 is 5.73 Å². The lowest BCUT2D eigenvalue weighted by atomic mass is 10.1.